The molecule has 1 saturated heterocycles. The normalized spacial score (nSPS) is 15.5. The third kappa shape index (κ3) is 1.83. The molecule has 6 nitrogen and oxygen atoms in total. The molecular weight excluding hydrogens is 222 g/mol. The summed E-state index contributed by atoms with van der Waals surface area (Å²) < 4.78 is 12.0. The van der Waals surface area contributed by atoms with Crippen molar-refractivity contribution in [3.05, 3.63) is 40.8 Å². The summed E-state index contributed by atoms with van der Waals surface area (Å²) >= 11 is 0. The molecule has 0 radical (unpaired) electrons. The molecule has 0 atom stereocenters. The average molecular weight is 233 g/mol. The maximum atomic E-state index is 11.7. The maximum absolute atomic E-state index is 11.7. The summed E-state index contributed by atoms with van der Waals surface area (Å²) in [6.07, 6.45) is -0.0207. The summed E-state index contributed by atoms with van der Waals surface area (Å²) in [4.78, 5) is 11.7. The van der Waals surface area contributed by atoms with Crippen molar-refractivity contribution in [1.82, 2.24) is 14.8 Å². The first kappa shape index (κ1) is 10.1. The number of aromatic amines is 1. The highest BCUT2D eigenvalue weighted by atomic mass is 16.6. The molecule has 0 amide bonds. The average Bonchev–Trinajstić information content (AvgIpc) is 2.66. The van der Waals surface area contributed by atoms with Crippen LogP contribution in [0.2, 0.25) is 0 Å². The van der Waals surface area contributed by atoms with E-state index in [-0.39, 0.29) is 17.8 Å². The Hall–Kier alpha value is -2.08. The van der Waals surface area contributed by atoms with E-state index in [1.165, 1.54) is 4.57 Å². The minimum absolute atomic E-state index is 0.0207. The topological polar surface area (TPSA) is 69.1 Å². The van der Waals surface area contributed by atoms with Crippen molar-refractivity contribution >= 4 is 0 Å². The molecule has 0 aliphatic carbocycles. The molecule has 0 bridgehead atoms. The molecule has 0 unspecified atom stereocenters. The molecule has 1 N–H and O–H groups in total. The van der Waals surface area contributed by atoms with Gasteiger partial charge < -0.3 is 9.47 Å². The van der Waals surface area contributed by atoms with E-state index >= 15 is 0 Å². The Morgan fingerprint density at radius 2 is 2.12 bits per heavy atom. The Morgan fingerprint density at radius 1 is 1.35 bits per heavy atom. The van der Waals surface area contributed by atoms with E-state index in [0.717, 1.165) is 5.69 Å². The van der Waals surface area contributed by atoms with Crippen LogP contribution in [0.3, 0.4) is 0 Å². The lowest BCUT2D eigenvalue weighted by Gasteiger charge is -2.25. The van der Waals surface area contributed by atoms with E-state index in [2.05, 4.69) is 10.2 Å². The van der Waals surface area contributed by atoms with Crippen LogP contribution >= 0.6 is 0 Å². The second kappa shape index (κ2) is 4.06. The van der Waals surface area contributed by atoms with Gasteiger partial charge in [-0.2, -0.15) is 0 Å². The van der Waals surface area contributed by atoms with Crippen molar-refractivity contribution in [2.45, 2.75) is 6.10 Å². The standard InChI is InChI=1S/C11H11N3O3/c15-10-12-13-11(17-9-6-16-7-9)14(10)8-4-2-1-3-5-8/h1-5,9H,6-7H2,(H,12,15). The fraction of sp³-hybridized carbons (Fsp3) is 0.273. The first-order chi connectivity index (χ1) is 8.34. The van der Waals surface area contributed by atoms with Gasteiger partial charge in [-0.05, 0) is 12.1 Å². The summed E-state index contributed by atoms with van der Waals surface area (Å²) in [5.74, 6) is 0. The molecular formula is C11H11N3O3. The molecule has 0 saturated carbocycles. The fourth-order valence-electron chi connectivity index (χ4n) is 1.60. The van der Waals surface area contributed by atoms with Crippen LogP contribution in [0.25, 0.3) is 5.69 Å². The molecule has 17 heavy (non-hydrogen) atoms. The first-order valence-electron chi connectivity index (χ1n) is 5.32. The van der Waals surface area contributed by atoms with Crippen molar-refractivity contribution in [3.63, 3.8) is 0 Å². The lowest BCUT2D eigenvalue weighted by Crippen LogP contribution is -2.39. The van der Waals surface area contributed by atoms with Crippen LogP contribution in [0.15, 0.2) is 35.1 Å². The summed E-state index contributed by atoms with van der Waals surface area (Å²) in [6.45, 7) is 1.08. The Morgan fingerprint density at radius 3 is 2.76 bits per heavy atom. The zero-order chi connectivity index (χ0) is 11.7. The number of rotatable bonds is 3. The zero-order valence-electron chi connectivity index (χ0n) is 9.00. The second-order valence-electron chi connectivity index (χ2n) is 3.76. The van der Waals surface area contributed by atoms with Crippen molar-refractivity contribution in [3.8, 4) is 11.7 Å². The van der Waals surface area contributed by atoms with Gasteiger partial charge in [-0.25, -0.2) is 14.5 Å². The monoisotopic (exact) mass is 233 g/mol. The number of H-pyrrole nitrogens is 1. The molecule has 6 heteroatoms. The Kier molecular flexibility index (Phi) is 2.41. The molecule has 1 aliphatic rings. The van der Waals surface area contributed by atoms with Gasteiger partial charge in [0.15, 0.2) is 0 Å². The molecule has 2 heterocycles. The number of nitrogens with zero attached hydrogens (tertiary/aromatic N) is 2. The van der Waals surface area contributed by atoms with Gasteiger partial charge in [-0.15, -0.1) is 5.10 Å². The van der Waals surface area contributed by atoms with E-state index < -0.39 is 0 Å². The number of nitrogens with one attached hydrogen (secondary N) is 1. The van der Waals surface area contributed by atoms with Gasteiger partial charge in [0.25, 0.3) is 0 Å². The van der Waals surface area contributed by atoms with Crippen molar-refractivity contribution in [1.29, 1.82) is 0 Å². The van der Waals surface area contributed by atoms with E-state index in [0.29, 0.717) is 13.2 Å². The van der Waals surface area contributed by atoms with Crippen LogP contribution < -0.4 is 10.4 Å². The highest BCUT2D eigenvalue weighted by molar-refractivity contribution is 5.33. The van der Waals surface area contributed by atoms with Crippen LogP contribution in [0.5, 0.6) is 6.01 Å². The fourth-order valence-corrected chi connectivity index (χ4v) is 1.60. The lowest BCUT2D eigenvalue weighted by atomic mass is 10.3. The number of hydrogen-bond donors (Lipinski definition) is 1. The highest BCUT2D eigenvalue weighted by Crippen LogP contribution is 2.15. The smallest absolute Gasteiger partial charge is 0.350 e. The van der Waals surface area contributed by atoms with E-state index in [1.54, 1.807) is 0 Å². The van der Waals surface area contributed by atoms with Gasteiger partial charge in [0.2, 0.25) is 0 Å². The van der Waals surface area contributed by atoms with E-state index in [4.69, 9.17) is 9.47 Å². The van der Waals surface area contributed by atoms with Crippen molar-refractivity contribution in [2.24, 2.45) is 0 Å². The third-order valence-electron chi connectivity index (χ3n) is 2.54. The van der Waals surface area contributed by atoms with Gasteiger partial charge in [0, 0.05) is 0 Å². The van der Waals surface area contributed by atoms with Crippen LogP contribution in [-0.2, 0) is 4.74 Å². The van der Waals surface area contributed by atoms with Gasteiger partial charge in [-0.1, -0.05) is 18.2 Å². The summed E-state index contributed by atoms with van der Waals surface area (Å²) in [6, 6.07) is 9.50. The van der Waals surface area contributed by atoms with Gasteiger partial charge in [0.1, 0.15) is 6.10 Å². The SMILES string of the molecule is O=c1[nH]nc(OC2COC2)n1-c1ccccc1. The summed E-state index contributed by atoms with van der Waals surface area (Å²) in [7, 11) is 0. The Labute approximate surface area is 96.8 Å². The predicted molar refractivity (Wildman–Crippen MR) is 59.4 cm³/mol. The molecule has 1 aromatic heterocycles. The quantitative estimate of drug-likeness (QED) is 0.829. The zero-order valence-corrected chi connectivity index (χ0v) is 9.00. The van der Waals surface area contributed by atoms with Crippen molar-refractivity contribution < 1.29 is 9.47 Å². The number of hydrogen-bond acceptors (Lipinski definition) is 4. The van der Waals surface area contributed by atoms with Crippen LogP contribution in [0.4, 0.5) is 0 Å². The van der Waals surface area contributed by atoms with Gasteiger partial charge in [0.05, 0.1) is 18.9 Å². The lowest BCUT2D eigenvalue weighted by molar-refractivity contribution is -0.0838. The molecule has 2 aromatic rings. The minimum atomic E-state index is -0.313. The van der Waals surface area contributed by atoms with E-state index in [1.807, 2.05) is 30.3 Å². The molecule has 1 fully saturated rings. The van der Waals surface area contributed by atoms with Crippen molar-refractivity contribution in [2.75, 3.05) is 13.2 Å². The third-order valence-corrected chi connectivity index (χ3v) is 2.54. The van der Waals surface area contributed by atoms with E-state index in [9.17, 15) is 4.79 Å². The number of benzene rings is 1. The number of aromatic nitrogens is 3. The largest absolute Gasteiger partial charge is 0.455 e. The molecule has 3 rings (SSSR count). The Balaban J connectivity index is 1.97. The predicted octanol–water partition coefficient (Wildman–Crippen LogP) is 0.338. The van der Waals surface area contributed by atoms with Gasteiger partial charge in [-0.3, -0.25) is 0 Å². The van der Waals surface area contributed by atoms with Crippen LogP contribution in [0.1, 0.15) is 0 Å². The summed E-state index contributed by atoms with van der Waals surface area (Å²) in [5, 5.41) is 6.24. The number of ether oxygens (including phenoxy) is 2. The summed E-state index contributed by atoms with van der Waals surface area (Å²) in [5.41, 5.74) is 0.410. The molecule has 0 spiro atoms. The highest BCUT2D eigenvalue weighted by Gasteiger charge is 2.23. The Bertz CT molecular complexity index is 557. The first-order valence-corrected chi connectivity index (χ1v) is 5.32. The maximum Gasteiger partial charge on any atom is 0.350 e. The van der Waals surface area contributed by atoms with Crippen LogP contribution in [0, 0.1) is 0 Å². The minimum Gasteiger partial charge on any atom is -0.455 e. The molecule has 88 valence electrons. The van der Waals surface area contributed by atoms with Gasteiger partial charge >= 0.3 is 11.7 Å². The molecule has 1 aromatic carbocycles. The molecule has 1 aliphatic heterocycles. The number of para-hydroxylation sites is 1. The second-order valence-corrected chi connectivity index (χ2v) is 3.76. The van der Waals surface area contributed by atoms with Crippen LogP contribution in [-0.4, -0.2) is 34.1 Å².